The number of dihydropyridines is 1. The van der Waals surface area contributed by atoms with Gasteiger partial charge >= 0.3 is 11.9 Å². The number of rotatable bonds is 15. The second kappa shape index (κ2) is 15.6. The number of esters is 2. The van der Waals surface area contributed by atoms with E-state index in [0.29, 0.717) is 47.4 Å². The number of aromatic nitrogens is 2. The van der Waals surface area contributed by atoms with Gasteiger partial charge in [-0.2, -0.15) is 5.10 Å². The largest absolute Gasteiger partial charge is 0.496 e. The number of aromatic amines is 1. The van der Waals surface area contributed by atoms with Crippen molar-refractivity contribution in [2.75, 3.05) is 34.5 Å². The minimum absolute atomic E-state index is 0.157. The molecule has 1 aliphatic heterocycles. The number of non-ortho nitro benzene ring substituents is 1. The zero-order chi connectivity index (χ0) is 33.2. The normalized spacial score (nSPS) is 14.4. The van der Waals surface area contributed by atoms with Crippen LogP contribution < -0.4 is 19.5 Å². The van der Waals surface area contributed by atoms with Crippen molar-refractivity contribution in [1.29, 1.82) is 0 Å². The summed E-state index contributed by atoms with van der Waals surface area (Å²) < 4.78 is 27.6. The fourth-order valence-corrected chi connectivity index (χ4v) is 5.45. The summed E-state index contributed by atoms with van der Waals surface area (Å²) in [6.45, 7) is 3.99. The highest BCUT2D eigenvalue weighted by Gasteiger charge is 2.38. The molecular weight excluding hydrogens is 596 g/mol. The Bertz CT molecular complexity index is 1620. The van der Waals surface area contributed by atoms with E-state index < -0.39 is 22.8 Å². The van der Waals surface area contributed by atoms with E-state index in [0.717, 1.165) is 30.4 Å². The minimum atomic E-state index is -0.901. The summed E-state index contributed by atoms with van der Waals surface area (Å²) >= 11 is 0. The number of hydrogen-bond donors (Lipinski definition) is 2. The lowest BCUT2D eigenvalue weighted by Crippen LogP contribution is -2.32. The summed E-state index contributed by atoms with van der Waals surface area (Å²) in [4.78, 5) is 37.2. The van der Waals surface area contributed by atoms with Gasteiger partial charge in [-0.1, -0.05) is 18.2 Å². The molecule has 0 aliphatic carbocycles. The summed E-state index contributed by atoms with van der Waals surface area (Å²) in [6, 6.07) is 11.4. The van der Waals surface area contributed by atoms with Crippen molar-refractivity contribution in [2.45, 2.75) is 45.4 Å². The maximum Gasteiger partial charge on any atom is 0.336 e. The molecule has 13 heteroatoms. The zero-order valence-electron chi connectivity index (χ0n) is 26.5. The number of nitrogens with one attached hydrogen (secondary N) is 2. The highest BCUT2D eigenvalue weighted by Crippen LogP contribution is 2.42. The van der Waals surface area contributed by atoms with Crippen LogP contribution in [0.25, 0.3) is 11.1 Å². The monoisotopic (exact) mass is 634 g/mol. The summed E-state index contributed by atoms with van der Waals surface area (Å²) in [5, 5.41) is 21.6. The van der Waals surface area contributed by atoms with Crippen molar-refractivity contribution in [1.82, 2.24) is 15.5 Å². The lowest BCUT2D eigenvalue weighted by molar-refractivity contribution is -0.384. The van der Waals surface area contributed by atoms with E-state index in [4.69, 9.17) is 23.7 Å². The Balaban J connectivity index is 1.32. The van der Waals surface area contributed by atoms with Gasteiger partial charge in [0.1, 0.15) is 11.5 Å². The molecule has 46 heavy (non-hydrogen) atoms. The van der Waals surface area contributed by atoms with Gasteiger partial charge in [-0.3, -0.25) is 10.1 Å². The first-order valence-corrected chi connectivity index (χ1v) is 14.8. The number of methoxy groups -OCH3 is 3. The molecule has 1 aromatic heterocycles. The number of hydrogen-bond acceptors (Lipinski definition) is 11. The molecule has 0 spiro atoms. The minimum Gasteiger partial charge on any atom is -0.496 e. The molecule has 0 bridgehead atoms. The Hall–Kier alpha value is -5.33. The van der Waals surface area contributed by atoms with Gasteiger partial charge in [-0.25, -0.2) is 14.7 Å². The van der Waals surface area contributed by atoms with E-state index in [9.17, 15) is 19.7 Å². The van der Waals surface area contributed by atoms with Crippen LogP contribution in [0.4, 0.5) is 5.69 Å². The molecule has 2 N–H and O–H groups in total. The first-order valence-electron chi connectivity index (χ1n) is 14.8. The Morgan fingerprint density at radius 2 is 1.52 bits per heavy atom. The van der Waals surface area contributed by atoms with Crippen molar-refractivity contribution in [2.24, 2.45) is 0 Å². The predicted octanol–water partition coefficient (Wildman–Crippen LogP) is 5.59. The van der Waals surface area contributed by atoms with Gasteiger partial charge in [-0.15, -0.1) is 0 Å². The molecule has 2 aromatic carbocycles. The molecule has 244 valence electrons. The van der Waals surface area contributed by atoms with Crippen molar-refractivity contribution in [3.8, 4) is 28.5 Å². The number of carbonyl (C=O) groups excluding carboxylic acids is 2. The molecule has 2 heterocycles. The summed E-state index contributed by atoms with van der Waals surface area (Å²) in [6.07, 6.45) is 4.64. The van der Waals surface area contributed by atoms with E-state index in [1.165, 1.54) is 25.3 Å². The summed E-state index contributed by atoms with van der Waals surface area (Å²) in [5.41, 5.74) is 3.09. The van der Waals surface area contributed by atoms with Gasteiger partial charge in [0.05, 0.1) is 73.9 Å². The lowest BCUT2D eigenvalue weighted by atomic mass is 9.80. The fraction of sp³-hybridized carbons (Fsp3) is 0.364. The number of H-pyrrole nitrogens is 1. The van der Waals surface area contributed by atoms with Crippen LogP contribution in [0, 0.1) is 10.1 Å². The van der Waals surface area contributed by atoms with Crippen molar-refractivity contribution < 1.29 is 38.2 Å². The Labute approximate surface area is 266 Å². The van der Waals surface area contributed by atoms with Crippen LogP contribution in [0.1, 0.15) is 51.0 Å². The third kappa shape index (κ3) is 7.48. The average Bonchev–Trinajstić information content (AvgIpc) is 3.52. The molecular formula is C33H38N4O9. The lowest BCUT2D eigenvalue weighted by Gasteiger charge is -2.30. The zero-order valence-corrected chi connectivity index (χ0v) is 26.5. The van der Waals surface area contributed by atoms with Gasteiger partial charge in [0.2, 0.25) is 5.88 Å². The van der Waals surface area contributed by atoms with Crippen LogP contribution in [-0.4, -0.2) is 61.6 Å². The van der Waals surface area contributed by atoms with E-state index in [2.05, 4.69) is 15.5 Å². The van der Waals surface area contributed by atoms with Gasteiger partial charge in [0, 0.05) is 23.5 Å². The highest BCUT2D eigenvalue weighted by molar-refractivity contribution is 5.99. The molecule has 0 radical (unpaired) electrons. The van der Waals surface area contributed by atoms with E-state index in [-0.39, 0.29) is 23.4 Å². The second-order valence-corrected chi connectivity index (χ2v) is 10.5. The molecule has 0 amide bonds. The number of nitrogens with zero attached hydrogens (tertiary/aromatic N) is 2. The third-order valence-electron chi connectivity index (χ3n) is 7.62. The predicted molar refractivity (Wildman–Crippen MR) is 168 cm³/mol. The Kier molecular flexibility index (Phi) is 11.4. The van der Waals surface area contributed by atoms with Crippen LogP contribution in [0.15, 0.2) is 71.2 Å². The second-order valence-electron chi connectivity index (χ2n) is 10.5. The smallest absolute Gasteiger partial charge is 0.336 e. The molecule has 13 nitrogen and oxygen atoms in total. The van der Waals surface area contributed by atoms with Crippen molar-refractivity contribution in [3.05, 3.63) is 86.9 Å². The van der Waals surface area contributed by atoms with E-state index in [1.54, 1.807) is 40.3 Å². The third-order valence-corrected chi connectivity index (χ3v) is 7.62. The van der Waals surface area contributed by atoms with E-state index in [1.807, 2.05) is 18.2 Å². The topological polar surface area (TPSA) is 164 Å². The first kappa shape index (κ1) is 33.6. The fourth-order valence-electron chi connectivity index (χ4n) is 5.45. The van der Waals surface area contributed by atoms with E-state index >= 15 is 0 Å². The number of carbonyl (C=O) groups is 2. The standard InChI is InChI=1S/C33H38N4O9/c1-20-27(32(38)44-5)29(22-12-10-13-23(18-22)37(40)41)28(21(2)35-20)33(39)46-17-9-7-6-8-16-45-31-24(19-34-36-31)30-25(42-3)14-11-15-26(30)43-4/h10-15,18-19,29,35H,6-9,16-17H2,1-5H3,(H,34,36). The molecule has 3 aromatic rings. The maximum absolute atomic E-state index is 13.4. The molecule has 1 aliphatic rings. The van der Waals surface area contributed by atoms with Crippen LogP contribution in [0.2, 0.25) is 0 Å². The number of allylic oxidation sites excluding steroid dienone is 2. The van der Waals surface area contributed by atoms with Crippen LogP contribution in [0.3, 0.4) is 0 Å². The van der Waals surface area contributed by atoms with Gasteiger partial charge in [-0.05, 0) is 57.2 Å². The number of benzene rings is 2. The number of nitro groups is 1. The SMILES string of the molecule is COC(=O)C1=C(C)NC(C)=C(C(=O)OCCCCCCOc2[nH]ncc2-c2c(OC)cccc2OC)C1c1cccc([N+](=O)[O-])c1. The molecule has 4 rings (SSSR count). The quantitative estimate of drug-likeness (QED) is 0.0926. The van der Waals surface area contributed by atoms with Crippen LogP contribution in [-0.2, 0) is 19.1 Å². The highest BCUT2D eigenvalue weighted by atomic mass is 16.6. The Morgan fingerprint density at radius 3 is 2.15 bits per heavy atom. The average molecular weight is 635 g/mol. The van der Waals surface area contributed by atoms with Gasteiger partial charge in [0.15, 0.2) is 0 Å². The Morgan fingerprint density at radius 1 is 0.891 bits per heavy atom. The van der Waals surface area contributed by atoms with Gasteiger partial charge in [0.25, 0.3) is 5.69 Å². The maximum atomic E-state index is 13.4. The van der Waals surface area contributed by atoms with Crippen molar-refractivity contribution in [3.63, 3.8) is 0 Å². The number of unbranched alkanes of at least 4 members (excludes halogenated alkanes) is 3. The van der Waals surface area contributed by atoms with Crippen LogP contribution in [0.5, 0.6) is 17.4 Å². The molecule has 0 saturated carbocycles. The summed E-state index contributed by atoms with van der Waals surface area (Å²) in [7, 11) is 4.42. The molecule has 1 atom stereocenters. The first-order chi connectivity index (χ1) is 22.2. The van der Waals surface area contributed by atoms with Gasteiger partial charge < -0.3 is 29.0 Å². The number of nitro benzene ring substituents is 1. The number of ether oxygens (including phenoxy) is 5. The molecule has 1 unspecified atom stereocenters. The van der Waals surface area contributed by atoms with Crippen molar-refractivity contribution >= 4 is 17.6 Å². The molecule has 0 fully saturated rings. The summed E-state index contributed by atoms with van der Waals surface area (Å²) in [5.74, 6) is -0.377. The van der Waals surface area contributed by atoms with Crippen LogP contribution >= 0.6 is 0 Å². The molecule has 0 saturated heterocycles.